The summed E-state index contributed by atoms with van der Waals surface area (Å²) < 4.78 is 7.58. The molecule has 0 aliphatic carbocycles. The van der Waals surface area contributed by atoms with Crippen LogP contribution in [-0.2, 0) is 13.7 Å². The van der Waals surface area contributed by atoms with E-state index < -0.39 is 0 Å². The van der Waals surface area contributed by atoms with Gasteiger partial charge in [-0.05, 0) is 47.9 Å². The lowest BCUT2D eigenvalue weighted by molar-refractivity contribution is 0.104. The van der Waals surface area contributed by atoms with Crippen molar-refractivity contribution in [1.82, 2.24) is 9.55 Å². The Morgan fingerprint density at radius 3 is 2.78 bits per heavy atom. The fourth-order valence-corrected chi connectivity index (χ4v) is 2.66. The number of allylic oxidation sites excluding steroid dienone is 1. The first-order valence-electron chi connectivity index (χ1n) is 7.17. The number of rotatable bonds is 6. The minimum Gasteiger partial charge on any atom is -0.486 e. The molecule has 2 aromatic heterocycles. The quantitative estimate of drug-likeness (QED) is 0.509. The highest BCUT2D eigenvalue weighted by Crippen LogP contribution is 2.16. The molecule has 0 aliphatic heterocycles. The zero-order chi connectivity index (χ0) is 16.1. The molecule has 0 unspecified atom stereocenters. The highest BCUT2D eigenvalue weighted by atomic mass is 32.1. The summed E-state index contributed by atoms with van der Waals surface area (Å²) in [6.07, 6.45) is 7.04. The SMILES string of the molecule is Cn1ccnc1COc1ccc(C(=O)/C=C/c2cccs2)cc1. The molecule has 5 heteroatoms. The van der Waals surface area contributed by atoms with Crippen molar-refractivity contribution < 1.29 is 9.53 Å². The van der Waals surface area contributed by atoms with Gasteiger partial charge in [0.2, 0.25) is 0 Å². The number of thiophene rings is 1. The second kappa shape index (κ2) is 7.07. The highest BCUT2D eigenvalue weighted by Gasteiger charge is 2.04. The number of aryl methyl sites for hydroxylation is 1. The predicted molar refractivity (Wildman–Crippen MR) is 91.7 cm³/mol. The standard InChI is InChI=1S/C18H16N2O2S/c1-20-11-10-19-18(20)13-22-15-6-4-14(5-7-15)17(21)9-8-16-3-2-12-23-16/h2-12H,13H2,1H3/b9-8+. The van der Waals surface area contributed by atoms with Gasteiger partial charge in [-0.15, -0.1) is 11.3 Å². The summed E-state index contributed by atoms with van der Waals surface area (Å²) >= 11 is 1.60. The summed E-state index contributed by atoms with van der Waals surface area (Å²) in [5, 5.41) is 1.98. The molecule has 116 valence electrons. The molecule has 23 heavy (non-hydrogen) atoms. The van der Waals surface area contributed by atoms with Crippen molar-refractivity contribution in [3.8, 4) is 5.75 Å². The minimum absolute atomic E-state index is 0.0194. The van der Waals surface area contributed by atoms with Gasteiger partial charge < -0.3 is 9.30 Å². The van der Waals surface area contributed by atoms with Crippen LogP contribution in [0, 0.1) is 0 Å². The van der Waals surface area contributed by atoms with E-state index in [9.17, 15) is 4.79 Å². The minimum atomic E-state index is -0.0194. The van der Waals surface area contributed by atoms with Gasteiger partial charge in [-0.2, -0.15) is 0 Å². The Hall–Kier alpha value is -2.66. The van der Waals surface area contributed by atoms with Crippen LogP contribution in [0.1, 0.15) is 21.1 Å². The summed E-state index contributed by atoms with van der Waals surface area (Å²) in [7, 11) is 1.92. The van der Waals surface area contributed by atoms with Crippen LogP contribution in [0.2, 0.25) is 0 Å². The normalized spacial score (nSPS) is 11.0. The van der Waals surface area contributed by atoms with Crippen molar-refractivity contribution in [2.24, 2.45) is 7.05 Å². The van der Waals surface area contributed by atoms with E-state index in [2.05, 4.69) is 4.98 Å². The van der Waals surface area contributed by atoms with Gasteiger partial charge in [0, 0.05) is 29.9 Å². The first-order valence-corrected chi connectivity index (χ1v) is 8.05. The molecule has 0 atom stereocenters. The summed E-state index contributed by atoms with van der Waals surface area (Å²) in [5.41, 5.74) is 0.641. The molecule has 0 saturated heterocycles. The van der Waals surface area contributed by atoms with Crippen LogP contribution in [-0.4, -0.2) is 15.3 Å². The van der Waals surface area contributed by atoms with Gasteiger partial charge in [0.15, 0.2) is 5.78 Å². The van der Waals surface area contributed by atoms with Gasteiger partial charge in [-0.3, -0.25) is 4.79 Å². The molecule has 0 fully saturated rings. The summed E-state index contributed by atoms with van der Waals surface area (Å²) in [5.74, 6) is 1.55. The number of ether oxygens (including phenoxy) is 1. The Balaban J connectivity index is 1.60. The lowest BCUT2D eigenvalue weighted by Gasteiger charge is -2.06. The summed E-state index contributed by atoms with van der Waals surface area (Å²) in [4.78, 5) is 17.4. The van der Waals surface area contributed by atoms with Gasteiger partial charge in [-0.1, -0.05) is 6.07 Å². The molecule has 0 radical (unpaired) electrons. The number of benzene rings is 1. The molecule has 4 nitrogen and oxygen atoms in total. The topological polar surface area (TPSA) is 44.1 Å². The molecule has 0 aliphatic rings. The third kappa shape index (κ3) is 3.96. The van der Waals surface area contributed by atoms with Crippen molar-refractivity contribution in [2.75, 3.05) is 0 Å². The lowest BCUT2D eigenvalue weighted by Crippen LogP contribution is -2.03. The van der Waals surface area contributed by atoms with Gasteiger partial charge in [0.25, 0.3) is 0 Å². The summed E-state index contributed by atoms with van der Waals surface area (Å²) in [6, 6.07) is 11.1. The van der Waals surface area contributed by atoms with E-state index in [4.69, 9.17) is 4.74 Å². The number of hydrogen-bond donors (Lipinski definition) is 0. The van der Waals surface area contributed by atoms with Crippen LogP contribution in [0.3, 0.4) is 0 Å². The Labute approximate surface area is 138 Å². The zero-order valence-electron chi connectivity index (χ0n) is 12.7. The van der Waals surface area contributed by atoms with Gasteiger partial charge in [-0.25, -0.2) is 4.98 Å². The van der Waals surface area contributed by atoms with E-state index in [-0.39, 0.29) is 5.78 Å². The highest BCUT2D eigenvalue weighted by molar-refractivity contribution is 7.10. The molecule has 0 amide bonds. The largest absolute Gasteiger partial charge is 0.486 e. The second-order valence-electron chi connectivity index (χ2n) is 4.98. The summed E-state index contributed by atoms with van der Waals surface area (Å²) in [6.45, 7) is 0.398. The fourth-order valence-electron chi connectivity index (χ4n) is 2.04. The molecule has 1 aromatic carbocycles. The number of carbonyl (C=O) groups is 1. The number of carbonyl (C=O) groups excluding carboxylic acids is 1. The van der Waals surface area contributed by atoms with Gasteiger partial charge >= 0.3 is 0 Å². The Bertz CT molecular complexity index is 802. The molecular formula is C18H16N2O2S. The molecule has 0 N–H and O–H groups in total. The smallest absolute Gasteiger partial charge is 0.185 e. The lowest BCUT2D eigenvalue weighted by atomic mass is 10.1. The predicted octanol–water partition coefficient (Wildman–Crippen LogP) is 3.96. The van der Waals surface area contributed by atoms with Crippen LogP contribution < -0.4 is 4.74 Å². The third-order valence-corrected chi connectivity index (χ3v) is 4.21. The monoisotopic (exact) mass is 324 g/mol. The average molecular weight is 324 g/mol. The van der Waals surface area contributed by atoms with Gasteiger partial charge in [0.1, 0.15) is 18.2 Å². The van der Waals surface area contributed by atoms with Crippen LogP contribution >= 0.6 is 11.3 Å². The van der Waals surface area contributed by atoms with Crippen molar-refractivity contribution in [3.63, 3.8) is 0 Å². The Morgan fingerprint density at radius 1 is 1.30 bits per heavy atom. The Kier molecular flexibility index (Phi) is 4.68. The molecule has 2 heterocycles. The second-order valence-corrected chi connectivity index (χ2v) is 5.96. The first-order chi connectivity index (χ1) is 11.2. The van der Waals surface area contributed by atoms with Crippen LogP contribution in [0.25, 0.3) is 6.08 Å². The fraction of sp³-hybridized carbons (Fsp3) is 0.111. The number of aromatic nitrogens is 2. The maximum atomic E-state index is 12.1. The number of ketones is 1. The maximum Gasteiger partial charge on any atom is 0.185 e. The molecular weight excluding hydrogens is 308 g/mol. The van der Waals surface area contributed by atoms with Crippen molar-refractivity contribution in [3.05, 3.63) is 76.5 Å². The van der Waals surface area contributed by atoms with E-state index in [1.807, 2.05) is 41.4 Å². The van der Waals surface area contributed by atoms with E-state index in [0.29, 0.717) is 17.9 Å². The van der Waals surface area contributed by atoms with Crippen LogP contribution in [0.5, 0.6) is 5.75 Å². The molecule has 0 spiro atoms. The Morgan fingerprint density at radius 2 is 2.13 bits per heavy atom. The van der Waals surface area contributed by atoms with Crippen LogP contribution in [0.15, 0.2) is 60.2 Å². The number of imidazole rings is 1. The van der Waals surface area contributed by atoms with Crippen molar-refractivity contribution in [2.45, 2.75) is 6.61 Å². The van der Waals surface area contributed by atoms with E-state index >= 15 is 0 Å². The zero-order valence-corrected chi connectivity index (χ0v) is 13.5. The van der Waals surface area contributed by atoms with E-state index in [0.717, 1.165) is 10.7 Å². The van der Waals surface area contributed by atoms with E-state index in [1.54, 1.807) is 47.9 Å². The third-order valence-electron chi connectivity index (χ3n) is 3.37. The van der Waals surface area contributed by atoms with Crippen molar-refractivity contribution in [1.29, 1.82) is 0 Å². The molecule has 0 saturated carbocycles. The first kappa shape index (κ1) is 15.2. The molecule has 3 aromatic rings. The van der Waals surface area contributed by atoms with E-state index in [1.165, 1.54) is 0 Å². The number of nitrogens with zero attached hydrogens (tertiary/aromatic N) is 2. The molecule has 3 rings (SSSR count). The van der Waals surface area contributed by atoms with Gasteiger partial charge in [0.05, 0.1) is 0 Å². The molecule has 0 bridgehead atoms. The average Bonchev–Trinajstić information content (AvgIpc) is 3.23. The van der Waals surface area contributed by atoms with Crippen molar-refractivity contribution >= 4 is 23.2 Å². The number of hydrogen-bond acceptors (Lipinski definition) is 4. The van der Waals surface area contributed by atoms with Crippen LogP contribution in [0.4, 0.5) is 0 Å². The maximum absolute atomic E-state index is 12.1.